The topological polar surface area (TPSA) is 29.5 Å². The van der Waals surface area contributed by atoms with Crippen LogP contribution in [-0.4, -0.2) is 24.9 Å². The summed E-state index contributed by atoms with van der Waals surface area (Å²) in [5, 5.41) is 9.52. The number of aliphatic hydroxyl groups excluding tert-OH is 1. The molecule has 0 radical (unpaired) electrons. The van der Waals surface area contributed by atoms with Crippen LogP contribution in [0.25, 0.3) is 0 Å². The van der Waals surface area contributed by atoms with Crippen molar-refractivity contribution in [1.82, 2.24) is 0 Å². The summed E-state index contributed by atoms with van der Waals surface area (Å²) >= 11 is 0. The Morgan fingerprint density at radius 3 is 2.58 bits per heavy atom. The van der Waals surface area contributed by atoms with E-state index in [2.05, 4.69) is 13.8 Å². The molecule has 2 heteroatoms. The predicted molar refractivity (Wildman–Crippen MR) is 51.2 cm³/mol. The summed E-state index contributed by atoms with van der Waals surface area (Å²) in [6.45, 7) is 5.01. The van der Waals surface area contributed by atoms with E-state index in [-0.39, 0.29) is 6.10 Å². The summed E-state index contributed by atoms with van der Waals surface area (Å²) in [6, 6.07) is 0. The molecule has 0 spiro atoms. The van der Waals surface area contributed by atoms with Gasteiger partial charge in [0.2, 0.25) is 0 Å². The number of hydrogen-bond donors (Lipinski definition) is 1. The molecule has 0 heterocycles. The van der Waals surface area contributed by atoms with Crippen LogP contribution in [0, 0.1) is 5.92 Å². The molecular weight excluding hydrogens is 152 g/mol. The molecule has 0 amide bonds. The monoisotopic (exact) mass is 174 g/mol. The van der Waals surface area contributed by atoms with Gasteiger partial charge in [0.05, 0.1) is 6.10 Å². The molecule has 1 N–H and O–H groups in total. The van der Waals surface area contributed by atoms with Crippen molar-refractivity contribution < 1.29 is 9.84 Å². The van der Waals surface area contributed by atoms with Gasteiger partial charge in [0.25, 0.3) is 0 Å². The summed E-state index contributed by atoms with van der Waals surface area (Å²) in [5.74, 6) is 0.474. The molecule has 2 atom stereocenters. The van der Waals surface area contributed by atoms with Gasteiger partial charge in [-0.05, 0) is 18.8 Å². The van der Waals surface area contributed by atoms with Gasteiger partial charge in [0, 0.05) is 13.7 Å². The van der Waals surface area contributed by atoms with Crippen LogP contribution in [0.3, 0.4) is 0 Å². The minimum atomic E-state index is -0.130. The predicted octanol–water partition coefficient (Wildman–Crippen LogP) is 2.21. The highest BCUT2D eigenvalue weighted by Gasteiger charge is 2.08. The lowest BCUT2D eigenvalue weighted by molar-refractivity contribution is 0.0952. The summed E-state index contributed by atoms with van der Waals surface area (Å²) in [7, 11) is 1.70. The van der Waals surface area contributed by atoms with Crippen molar-refractivity contribution in [2.45, 2.75) is 45.6 Å². The smallest absolute Gasteiger partial charge is 0.0543 e. The largest absolute Gasteiger partial charge is 0.393 e. The van der Waals surface area contributed by atoms with E-state index in [4.69, 9.17) is 4.74 Å². The molecule has 0 saturated heterocycles. The lowest BCUT2D eigenvalue weighted by Crippen LogP contribution is -2.14. The number of ether oxygens (including phenoxy) is 1. The van der Waals surface area contributed by atoms with Crippen LogP contribution >= 0.6 is 0 Å². The molecule has 0 aliphatic carbocycles. The van der Waals surface area contributed by atoms with Crippen LogP contribution in [-0.2, 0) is 4.74 Å². The van der Waals surface area contributed by atoms with Crippen molar-refractivity contribution in [3.05, 3.63) is 0 Å². The zero-order valence-electron chi connectivity index (χ0n) is 8.55. The number of aliphatic hydroxyl groups is 1. The van der Waals surface area contributed by atoms with E-state index < -0.39 is 0 Å². The number of rotatable bonds is 7. The third-order valence-corrected chi connectivity index (χ3v) is 2.02. The number of methoxy groups -OCH3 is 1. The Labute approximate surface area is 75.9 Å². The minimum absolute atomic E-state index is 0.130. The fourth-order valence-electron chi connectivity index (χ4n) is 1.37. The molecule has 74 valence electrons. The van der Waals surface area contributed by atoms with Gasteiger partial charge in [-0.15, -0.1) is 0 Å². The van der Waals surface area contributed by atoms with Crippen molar-refractivity contribution in [3.8, 4) is 0 Å². The Morgan fingerprint density at radius 1 is 1.42 bits per heavy atom. The maximum Gasteiger partial charge on any atom is 0.0543 e. The van der Waals surface area contributed by atoms with E-state index in [9.17, 15) is 5.11 Å². The Kier molecular flexibility index (Phi) is 7.51. The van der Waals surface area contributed by atoms with Gasteiger partial charge in [-0.1, -0.05) is 26.7 Å². The van der Waals surface area contributed by atoms with Gasteiger partial charge in [0.15, 0.2) is 0 Å². The first-order chi connectivity index (χ1) is 5.70. The van der Waals surface area contributed by atoms with Crippen LogP contribution in [0.5, 0.6) is 0 Å². The molecule has 0 bridgehead atoms. The average Bonchev–Trinajstić information content (AvgIpc) is 2.01. The summed E-state index contributed by atoms with van der Waals surface area (Å²) in [6.07, 6.45) is 3.96. The van der Waals surface area contributed by atoms with E-state index in [1.54, 1.807) is 7.11 Å². The van der Waals surface area contributed by atoms with Crippen molar-refractivity contribution >= 4 is 0 Å². The van der Waals surface area contributed by atoms with Gasteiger partial charge in [-0.25, -0.2) is 0 Å². The summed E-state index contributed by atoms with van der Waals surface area (Å²) in [4.78, 5) is 0. The molecule has 0 aliphatic heterocycles. The van der Waals surface area contributed by atoms with Crippen molar-refractivity contribution in [2.24, 2.45) is 5.92 Å². The zero-order valence-corrected chi connectivity index (χ0v) is 8.55. The second-order valence-electron chi connectivity index (χ2n) is 3.59. The maximum absolute atomic E-state index is 9.52. The first kappa shape index (κ1) is 11.9. The highest BCUT2D eigenvalue weighted by molar-refractivity contribution is 4.60. The van der Waals surface area contributed by atoms with E-state index >= 15 is 0 Å². The number of unbranched alkanes of at least 4 members (excludes halogenated alkanes) is 1. The fourth-order valence-corrected chi connectivity index (χ4v) is 1.37. The summed E-state index contributed by atoms with van der Waals surface area (Å²) in [5.41, 5.74) is 0. The Bertz CT molecular complexity index is 93.8. The lowest BCUT2D eigenvalue weighted by Gasteiger charge is -2.14. The van der Waals surface area contributed by atoms with Gasteiger partial charge in [-0.2, -0.15) is 0 Å². The van der Waals surface area contributed by atoms with Crippen LogP contribution < -0.4 is 0 Å². The first-order valence-electron chi connectivity index (χ1n) is 4.87. The third kappa shape index (κ3) is 6.62. The quantitative estimate of drug-likeness (QED) is 0.641. The normalized spacial score (nSPS) is 16.0. The van der Waals surface area contributed by atoms with E-state index in [0.29, 0.717) is 5.92 Å². The highest BCUT2D eigenvalue weighted by Crippen LogP contribution is 2.11. The van der Waals surface area contributed by atoms with Crippen LogP contribution in [0.4, 0.5) is 0 Å². The number of hydrogen-bond acceptors (Lipinski definition) is 2. The molecule has 0 aromatic carbocycles. The average molecular weight is 174 g/mol. The molecule has 0 aliphatic rings. The van der Waals surface area contributed by atoms with Gasteiger partial charge >= 0.3 is 0 Å². The van der Waals surface area contributed by atoms with E-state index in [1.807, 2.05) is 0 Å². The molecule has 0 fully saturated rings. The van der Waals surface area contributed by atoms with E-state index in [1.165, 1.54) is 0 Å². The minimum Gasteiger partial charge on any atom is -0.393 e. The summed E-state index contributed by atoms with van der Waals surface area (Å²) < 4.78 is 5.00. The molecule has 0 aromatic rings. The van der Waals surface area contributed by atoms with Crippen LogP contribution in [0.2, 0.25) is 0 Å². The molecule has 2 unspecified atom stereocenters. The Balaban J connectivity index is 3.33. The lowest BCUT2D eigenvalue weighted by atomic mass is 10.0. The van der Waals surface area contributed by atoms with E-state index in [0.717, 1.165) is 32.3 Å². The zero-order chi connectivity index (χ0) is 9.40. The van der Waals surface area contributed by atoms with Crippen LogP contribution in [0.1, 0.15) is 39.5 Å². The van der Waals surface area contributed by atoms with Gasteiger partial charge in [0.1, 0.15) is 0 Å². The fraction of sp³-hybridized carbons (Fsp3) is 1.00. The molecule has 2 nitrogen and oxygen atoms in total. The molecule has 0 rings (SSSR count). The highest BCUT2D eigenvalue weighted by atomic mass is 16.5. The van der Waals surface area contributed by atoms with Gasteiger partial charge in [-0.3, -0.25) is 0 Å². The molecule has 0 aromatic heterocycles. The van der Waals surface area contributed by atoms with Crippen molar-refractivity contribution in [3.63, 3.8) is 0 Å². The van der Waals surface area contributed by atoms with Crippen molar-refractivity contribution in [2.75, 3.05) is 13.7 Å². The first-order valence-corrected chi connectivity index (χ1v) is 4.87. The maximum atomic E-state index is 9.52. The van der Waals surface area contributed by atoms with Crippen LogP contribution in [0.15, 0.2) is 0 Å². The van der Waals surface area contributed by atoms with Gasteiger partial charge < -0.3 is 9.84 Å². The third-order valence-electron chi connectivity index (χ3n) is 2.02. The Morgan fingerprint density at radius 2 is 2.08 bits per heavy atom. The standard InChI is InChI=1S/C10H22O2/c1-4-5-6-10(11)7-9(2)8-12-3/h9-11H,4-8H2,1-3H3. The Hall–Kier alpha value is -0.0800. The second-order valence-corrected chi connectivity index (χ2v) is 3.59. The molecular formula is C10H22O2. The van der Waals surface area contributed by atoms with Crippen molar-refractivity contribution in [1.29, 1.82) is 0 Å². The molecule has 0 saturated carbocycles. The second kappa shape index (κ2) is 7.56. The molecule has 12 heavy (non-hydrogen) atoms. The SMILES string of the molecule is CCCCC(O)CC(C)COC.